The first kappa shape index (κ1) is 40.6. The van der Waals surface area contributed by atoms with Crippen LogP contribution in [-0.4, -0.2) is 117 Å². The standard InChI is InChI=1S/C35H55N7O7/c1-22(2)30(37-34(46)40(5)6)32(44)36-26(18-24-14-12-11-13-15-24)27(43)21-42(20-25-16-17-28(48-9)29(19-25)49-10)39-33(45)31(23(3)4)38-35(47)41(7)8/h11-17,19,22-23,26-27,30-31,43H,18,20-21H2,1-10H3,(H,36,44)(H,37,46)(H,38,47)(H,39,45)/t26?,27?,30-,31-/m0/s1. The van der Waals surface area contributed by atoms with E-state index in [9.17, 15) is 24.3 Å². The normalized spacial score (nSPS) is 13.6. The minimum atomic E-state index is -1.20. The molecular weight excluding hydrogens is 630 g/mol. The van der Waals surface area contributed by atoms with Crippen LogP contribution in [0.15, 0.2) is 48.5 Å². The summed E-state index contributed by atoms with van der Waals surface area (Å²) in [6.45, 7) is 7.31. The van der Waals surface area contributed by atoms with Gasteiger partial charge in [-0.25, -0.2) is 14.6 Å². The number of hydrogen-bond acceptors (Lipinski definition) is 8. The molecule has 0 saturated heterocycles. The molecule has 272 valence electrons. The second kappa shape index (κ2) is 19.4. The molecule has 4 atom stereocenters. The molecule has 49 heavy (non-hydrogen) atoms. The number of hydrazine groups is 1. The van der Waals surface area contributed by atoms with Gasteiger partial charge in [-0.15, -0.1) is 0 Å². The predicted octanol–water partition coefficient (Wildman–Crippen LogP) is 2.22. The Bertz CT molecular complexity index is 1370. The highest BCUT2D eigenvalue weighted by Gasteiger charge is 2.32. The van der Waals surface area contributed by atoms with Gasteiger partial charge in [-0.2, -0.15) is 0 Å². The molecule has 0 aliphatic rings. The molecule has 14 heteroatoms. The predicted molar refractivity (Wildman–Crippen MR) is 188 cm³/mol. The van der Waals surface area contributed by atoms with E-state index >= 15 is 0 Å². The molecule has 5 N–H and O–H groups in total. The fourth-order valence-electron chi connectivity index (χ4n) is 4.95. The van der Waals surface area contributed by atoms with E-state index in [1.165, 1.54) is 24.0 Å². The smallest absolute Gasteiger partial charge is 0.317 e. The van der Waals surface area contributed by atoms with Crippen molar-refractivity contribution >= 4 is 23.9 Å². The number of rotatable bonds is 17. The summed E-state index contributed by atoms with van der Waals surface area (Å²) >= 11 is 0. The Labute approximate surface area is 290 Å². The largest absolute Gasteiger partial charge is 0.493 e. The monoisotopic (exact) mass is 685 g/mol. The van der Waals surface area contributed by atoms with Crippen molar-refractivity contribution in [1.82, 2.24) is 36.2 Å². The zero-order chi connectivity index (χ0) is 36.8. The van der Waals surface area contributed by atoms with Crippen LogP contribution in [0.5, 0.6) is 11.5 Å². The number of ether oxygens (including phenoxy) is 2. The third-order valence-corrected chi connectivity index (χ3v) is 7.86. The molecule has 0 aromatic heterocycles. The molecular formula is C35H55N7O7. The molecule has 0 radical (unpaired) electrons. The van der Waals surface area contributed by atoms with Gasteiger partial charge in [0.1, 0.15) is 12.1 Å². The number of nitrogens with one attached hydrogen (secondary N) is 4. The van der Waals surface area contributed by atoms with Crippen LogP contribution in [0.2, 0.25) is 0 Å². The Morgan fingerprint density at radius 2 is 1.24 bits per heavy atom. The maximum absolute atomic E-state index is 13.7. The van der Waals surface area contributed by atoms with Crippen LogP contribution in [-0.2, 0) is 22.6 Å². The summed E-state index contributed by atoms with van der Waals surface area (Å²) < 4.78 is 10.9. The highest BCUT2D eigenvalue weighted by Crippen LogP contribution is 2.28. The minimum Gasteiger partial charge on any atom is -0.493 e. The molecule has 14 nitrogen and oxygen atoms in total. The number of hydrogen-bond donors (Lipinski definition) is 5. The Kier molecular flexibility index (Phi) is 16.1. The Morgan fingerprint density at radius 1 is 0.714 bits per heavy atom. The quantitative estimate of drug-likeness (QED) is 0.158. The molecule has 0 saturated carbocycles. The number of methoxy groups -OCH3 is 2. The van der Waals surface area contributed by atoms with Gasteiger partial charge >= 0.3 is 12.1 Å². The van der Waals surface area contributed by atoms with Crippen molar-refractivity contribution in [1.29, 1.82) is 0 Å². The first-order valence-electron chi connectivity index (χ1n) is 16.3. The average Bonchev–Trinajstić information content (AvgIpc) is 3.05. The fourth-order valence-corrected chi connectivity index (χ4v) is 4.95. The summed E-state index contributed by atoms with van der Waals surface area (Å²) in [7, 11) is 9.40. The molecule has 0 fully saturated rings. The van der Waals surface area contributed by atoms with Crippen LogP contribution in [0.3, 0.4) is 0 Å². The molecule has 2 aromatic carbocycles. The fraction of sp³-hybridized carbons (Fsp3) is 0.543. The molecule has 2 aromatic rings. The van der Waals surface area contributed by atoms with Gasteiger partial charge < -0.3 is 40.3 Å². The SMILES string of the molecule is COc1ccc(CN(CC(O)C(Cc2ccccc2)NC(=O)[C@@H](NC(=O)N(C)C)C(C)C)NC(=O)[C@@H](NC(=O)N(C)C)C(C)C)cc1OC. The van der Waals surface area contributed by atoms with Gasteiger partial charge in [0.15, 0.2) is 11.5 Å². The Morgan fingerprint density at radius 3 is 1.73 bits per heavy atom. The lowest BCUT2D eigenvalue weighted by molar-refractivity contribution is -0.131. The van der Waals surface area contributed by atoms with Gasteiger partial charge in [0.25, 0.3) is 5.91 Å². The molecule has 2 rings (SSSR count). The van der Waals surface area contributed by atoms with Crippen molar-refractivity contribution in [2.45, 2.75) is 64.9 Å². The van der Waals surface area contributed by atoms with E-state index in [4.69, 9.17) is 9.47 Å². The number of urea groups is 2. The number of carbonyl (C=O) groups is 4. The number of amides is 6. The van der Waals surface area contributed by atoms with Crippen LogP contribution in [0.25, 0.3) is 0 Å². The molecule has 0 heterocycles. The third-order valence-electron chi connectivity index (χ3n) is 7.86. The van der Waals surface area contributed by atoms with Crippen LogP contribution in [0.1, 0.15) is 38.8 Å². The van der Waals surface area contributed by atoms with Crippen molar-refractivity contribution in [2.24, 2.45) is 11.8 Å². The van der Waals surface area contributed by atoms with Crippen molar-refractivity contribution < 1.29 is 33.8 Å². The second-order valence-corrected chi connectivity index (χ2v) is 13.0. The molecule has 6 amide bonds. The number of carbonyl (C=O) groups excluding carboxylic acids is 4. The lowest BCUT2D eigenvalue weighted by Crippen LogP contribution is -2.59. The zero-order valence-electron chi connectivity index (χ0n) is 30.4. The van der Waals surface area contributed by atoms with Crippen molar-refractivity contribution in [2.75, 3.05) is 49.0 Å². The lowest BCUT2D eigenvalue weighted by atomic mass is 9.98. The molecule has 0 bridgehead atoms. The van der Waals surface area contributed by atoms with E-state index < -0.39 is 48.1 Å². The van der Waals surface area contributed by atoms with Crippen molar-refractivity contribution in [3.63, 3.8) is 0 Å². The van der Waals surface area contributed by atoms with Gasteiger partial charge in [0.2, 0.25) is 5.91 Å². The third kappa shape index (κ3) is 12.8. The first-order valence-corrected chi connectivity index (χ1v) is 16.3. The van der Waals surface area contributed by atoms with Crippen LogP contribution >= 0.6 is 0 Å². The van der Waals surface area contributed by atoms with Gasteiger partial charge in [-0.05, 0) is 41.5 Å². The highest BCUT2D eigenvalue weighted by molar-refractivity contribution is 5.88. The highest BCUT2D eigenvalue weighted by atomic mass is 16.5. The van der Waals surface area contributed by atoms with Gasteiger partial charge in [0.05, 0.1) is 26.4 Å². The summed E-state index contributed by atoms with van der Waals surface area (Å²) in [5, 5.41) is 21.8. The number of aliphatic hydroxyl groups is 1. The van der Waals surface area contributed by atoms with Crippen LogP contribution < -0.4 is 30.8 Å². The summed E-state index contributed by atoms with van der Waals surface area (Å²) in [4.78, 5) is 55.0. The van der Waals surface area contributed by atoms with E-state index in [0.717, 1.165) is 11.1 Å². The van der Waals surface area contributed by atoms with E-state index in [1.807, 2.05) is 64.1 Å². The second-order valence-electron chi connectivity index (χ2n) is 13.0. The molecule has 2 unspecified atom stereocenters. The van der Waals surface area contributed by atoms with E-state index in [0.29, 0.717) is 11.5 Å². The molecule has 0 aliphatic carbocycles. The summed E-state index contributed by atoms with van der Waals surface area (Å²) in [6, 6.07) is 11.3. The lowest BCUT2D eigenvalue weighted by Gasteiger charge is -2.33. The summed E-state index contributed by atoms with van der Waals surface area (Å²) in [6.07, 6.45) is -0.929. The van der Waals surface area contributed by atoms with Gasteiger partial charge in [0, 0.05) is 41.3 Å². The summed E-state index contributed by atoms with van der Waals surface area (Å²) in [5.41, 5.74) is 4.50. The zero-order valence-corrected chi connectivity index (χ0v) is 30.4. The van der Waals surface area contributed by atoms with Crippen molar-refractivity contribution in [3.05, 3.63) is 59.7 Å². The molecule has 0 aliphatic heterocycles. The Balaban J connectivity index is 2.47. The van der Waals surface area contributed by atoms with Crippen LogP contribution in [0, 0.1) is 11.8 Å². The van der Waals surface area contributed by atoms with Gasteiger partial charge in [-0.1, -0.05) is 64.1 Å². The summed E-state index contributed by atoms with van der Waals surface area (Å²) in [5.74, 6) is -0.421. The first-order chi connectivity index (χ1) is 23.1. The maximum Gasteiger partial charge on any atom is 0.317 e. The van der Waals surface area contributed by atoms with Gasteiger partial charge in [-0.3, -0.25) is 15.0 Å². The minimum absolute atomic E-state index is 0.110. The Hall–Kier alpha value is -4.56. The topological polar surface area (TPSA) is 165 Å². The maximum atomic E-state index is 13.7. The van der Waals surface area contributed by atoms with E-state index in [2.05, 4.69) is 21.4 Å². The van der Waals surface area contributed by atoms with Crippen LogP contribution in [0.4, 0.5) is 9.59 Å². The van der Waals surface area contributed by atoms with E-state index in [1.54, 1.807) is 45.3 Å². The van der Waals surface area contributed by atoms with Crippen molar-refractivity contribution in [3.8, 4) is 11.5 Å². The average molecular weight is 686 g/mol. The number of benzene rings is 2. The van der Waals surface area contributed by atoms with E-state index in [-0.39, 0.29) is 31.3 Å². The molecule has 0 spiro atoms. The number of nitrogens with zero attached hydrogens (tertiary/aromatic N) is 3. The number of aliphatic hydroxyl groups excluding tert-OH is 1.